The Hall–Kier alpha value is -4.04. The number of aromatic nitrogens is 1. The SMILES string of the molecule is COc1cc(/C=C2/SC(N3CCN(Cc4ccccn4)CC3)=NC2=O)ccc1OCc1ccc(C(F)(F)F)cc1C(F)(F)F. The van der Waals surface area contributed by atoms with Crippen molar-refractivity contribution < 1.29 is 40.6 Å². The fourth-order valence-corrected chi connectivity index (χ4v) is 5.66. The van der Waals surface area contributed by atoms with E-state index in [9.17, 15) is 31.1 Å². The van der Waals surface area contributed by atoms with Crippen LogP contribution in [0.2, 0.25) is 0 Å². The van der Waals surface area contributed by atoms with Crippen molar-refractivity contribution in [3.8, 4) is 11.5 Å². The molecule has 44 heavy (non-hydrogen) atoms. The van der Waals surface area contributed by atoms with Crippen molar-refractivity contribution in [1.29, 1.82) is 0 Å². The molecule has 14 heteroatoms. The monoisotopic (exact) mass is 636 g/mol. The molecule has 0 saturated carbocycles. The van der Waals surface area contributed by atoms with Crippen molar-refractivity contribution in [2.45, 2.75) is 25.5 Å². The van der Waals surface area contributed by atoms with Gasteiger partial charge < -0.3 is 14.4 Å². The molecule has 0 spiro atoms. The Labute approximate surface area is 253 Å². The minimum absolute atomic E-state index is 0.0694. The minimum atomic E-state index is -5.01. The maximum Gasteiger partial charge on any atom is 0.416 e. The molecule has 0 bridgehead atoms. The fraction of sp³-hybridized carbons (Fsp3) is 0.300. The molecule has 0 atom stereocenters. The normalized spacial score (nSPS) is 17.2. The van der Waals surface area contributed by atoms with E-state index in [-0.39, 0.29) is 23.5 Å². The molecule has 1 saturated heterocycles. The molecule has 7 nitrogen and oxygen atoms in total. The van der Waals surface area contributed by atoms with Gasteiger partial charge in [0.2, 0.25) is 0 Å². The first-order valence-corrected chi connectivity index (χ1v) is 14.2. The predicted molar refractivity (Wildman–Crippen MR) is 153 cm³/mol. The molecule has 2 aromatic carbocycles. The quantitative estimate of drug-likeness (QED) is 0.217. The van der Waals surface area contributed by atoms with E-state index in [4.69, 9.17) is 9.47 Å². The molecule has 3 aromatic rings. The van der Waals surface area contributed by atoms with Crippen LogP contribution in [0.1, 0.15) is 27.9 Å². The second kappa shape index (κ2) is 12.9. The lowest BCUT2D eigenvalue weighted by Crippen LogP contribution is -2.47. The van der Waals surface area contributed by atoms with Crippen LogP contribution in [-0.4, -0.2) is 59.1 Å². The Morgan fingerprint density at radius 1 is 0.932 bits per heavy atom. The molecule has 1 fully saturated rings. The molecule has 3 heterocycles. The lowest BCUT2D eigenvalue weighted by Gasteiger charge is -2.35. The van der Waals surface area contributed by atoms with E-state index in [0.717, 1.165) is 31.4 Å². The summed E-state index contributed by atoms with van der Waals surface area (Å²) in [5.74, 6) is -0.142. The molecular weight excluding hydrogens is 610 g/mol. The van der Waals surface area contributed by atoms with E-state index in [0.29, 0.717) is 34.8 Å². The highest BCUT2D eigenvalue weighted by molar-refractivity contribution is 8.18. The van der Waals surface area contributed by atoms with Gasteiger partial charge in [0, 0.05) is 44.5 Å². The zero-order valence-corrected chi connectivity index (χ0v) is 24.1. The van der Waals surface area contributed by atoms with E-state index < -0.39 is 35.6 Å². The lowest BCUT2D eigenvalue weighted by molar-refractivity contribution is -0.143. The van der Waals surface area contributed by atoms with Crippen LogP contribution in [0.5, 0.6) is 11.5 Å². The second-order valence-electron chi connectivity index (χ2n) is 9.96. The van der Waals surface area contributed by atoms with Gasteiger partial charge in [0.05, 0.1) is 28.8 Å². The van der Waals surface area contributed by atoms with E-state index in [1.54, 1.807) is 24.4 Å². The first kappa shape index (κ1) is 31.4. The molecule has 1 amide bonds. The molecular formula is C30H26F6N4O3S. The number of carbonyl (C=O) groups is 1. The Bertz CT molecular complexity index is 1570. The van der Waals surface area contributed by atoms with Gasteiger partial charge in [0.1, 0.15) is 6.61 Å². The van der Waals surface area contributed by atoms with Crippen LogP contribution in [-0.2, 0) is 30.3 Å². The average molecular weight is 637 g/mol. The summed E-state index contributed by atoms with van der Waals surface area (Å²) in [4.78, 5) is 26.0. The Morgan fingerprint density at radius 3 is 2.36 bits per heavy atom. The highest BCUT2D eigenvalue weighted by atomic mass is 32.2. The number of alkyl halides is 6. The maximum absolute atomic E-state index is 13.5. The number of carbonyl (C=O) groups excluding carboxylic acids is 1. The highest BCUT2D eigenvalue weighted by Gasteiger charge is 2.38. The number of piperazine rings is 1. The van der Waals surface area contributed by atoms with Crippen molar-refractivity contribution >= 4 is 28.9 Å². The van der Waals surface area contributed by atoms with Gasteiger partial charge in [-0.3, -0.25) is 14.7 Å². The lowest BCUT2D eigenvalue weighted by atomic mass is 10.0. The smallest absolute Gasteiger partial charge is 0.416 e. The average Bonchev–Trinajstić information content (AvgIpc) is 3.35. The number of benzene rings is 2. The summed E-state index contributed by atoms with van der Waals surface area (Å²) in [5, 5.41) is 0.614. The van der Waals surface area contributed by atoms with Crippen molar-refractivity contribution in [2.75, 3.05) is 33.3 Å². The maximum atomic E-state index is 13.5. The highest BCUT2D eigenvalue weighted by Crippen LogP contribution is 2.39. The first-order chi connectivity index (χ1) is 20.9. The van der Waals surface area contributed by atoms with Crippen molar-refractivity contribution in [3.05, 3.63) is 93.6 Å². The third kappa shape index (κ3) is 7.53. The van der Waals surface area contributed by atoms with Crippen LogP contribution in [0.15, 0.2) is 70.7 Å². The van der Waals surface area contributed by atoms with E-state index >= 15 is 0 Å². The third-order valence-electron chi connectivity index (χ3n) is 6.97. The summed E-state index contributed by atoms with van der Waals surface area (Å²) in [6.07, 6.45) is -6.54. The number of hydrogen-bond acceptors (Lipinski definition) is 7. The number of pyridine rings is 1. The van der Waals surface area contributed by atoms with Crippen molar-refractivity contribution in [2.24, 2.45) is 4.99 Å². The number of nitrogens with zero attached hydrogens (tertiary/aromatic N) is 4. The Morgan fingerprint density at radius 2 is 1.70 bits per heavy atom. The summed E-state index contributed by atoms with van der Waals surface area (Å²) < 4.78 is 90.4. The number of aliphatic imine (C=N–C) groups is 1. The van der Waals surface area contributed by atoms with Crippen LogP contribution in [0.3, 0.4) is 0 Å². The number of thioether (sulfide) groups is 1. The number of amides is 1. The summed E-state index contributed by atoms with van der Waals surface area (Å²) in [6, 6.07) is 11.8. The zero-order chi connectivity index (χ0) is 31.5. The topological polar surface area (TPSA) is 67.3 Å². The van der Waals surface area contributed by atoms with Crippen LogP contribution in [0.25, 0.3) is 6.08 Å². The predicted octanol–water partition coefficient (Wildman–Crippen LogP) is 6.49. The summed E-state index contributed by atoms with van der Waals surface area (Å²) in [6.45, 7) is 3.08. The number of hydrogen-bond donors (Lipinski definition) is 0. The molecule has 2 aliphatic heterocycles. The number of rotatable bonds is 7. The molecule has 0 radical (unpaired) electrons. The van der Waals surface area contributed by atoms with Gasteiger partial charge in [-0.25, -0.2) is 0 Å². The molecule has 0 aliphatic carbocycles. The number of ether oxygens (including phenoxy) is 2. The van der Waals surface area contributed by atoms with E-state index in [2.05, 4.69) is 19.8 Å². The van der Waals surface area contributed by atoms with Gasteiger partial charge in [-0.15, -0.1) is 0 Å². The molecule has 5 rings (SSSR count). The van der Waals surface area contributed by atoms with Crippen LogP contribution >= 0.6 is 11.8 Å². The standard InChI is InChI=1S/C30H26F6N4O3S/c1-42-25-14-19(5-8-24(25)43-18-20-6-7-21(29(31,32)33)16-23(20)30(34,35)36)15-26-27(41)38-28(44-26)40-12-10-39(11-13-40)17-22-4-2-3-9-37-22/h2-9,14-16H,10-13,17-18H2,1H3/b26-15+. The number of amidine groups is 1. The van der Waals surface area contributed by atoms with E-state index in [1.807, 2.05) is 18.2 Å². The van der Waals surface area contributed by atoms with Gasteiger partial charge in [-0.05, 0) is 59.8 Å². The first-order valence-electron chi connectivity index (χ1n) is 13.4. The van der Waals surface area contributed by atoms with Gasteiger partial charge in [0.15, 0.2) is 16.7 Å². The van der Waals surface area contributed by atoms with Crippen LogP contribution < -0.4 is 9.47 Å². The molecule has 0 unspecified atom stereocenters. The fourth-order valence-electron chi connectivity index (χ4n) is 4.69. The Balaban J connectivity index is 1.22. The van der Waals surface area contributed by atoms with Gasteiger partial charge in [-0.1, -0.05) is 18.2 Å². The molecule has 2 aliphatic rings. The Kier molecular flexibility index (Phi) is 9.20. The minimum Gasteiger partial charge on any atom is -0.493 e. The van der Waals surface area contributed by atoms with Gasteiger partial charge in [0.25, 0.3) is 5.91 Å². The number of halogens is 6. The van der Waals surface area contributed by atoms with Crippen LogP contribution in [0, 0.1) is 0 Å². The molecule has 232 valence electrons. The van der Waals surface area contributed by atoms with E-state index in [1.165, 1.54) is 24.9 Å². The summed E-state index contributed by atoms with van der Waals surface area (Å²) >= 11 is 1.26. The van der Waals surface area contributed by atoms with Crippen molar-refractivity contribution in [1.82, 2.24) is 14.8 Å². The zero-order valence-electron chi connectivity index (χ0n) is 23.3. The molecule has 1 aromatic heterocycles. The molecule has 0 N–H and O–H groups in total. The van der Waals surface area contributed by atoms with Crippen LogP contribution in [0.4, 0.5) is 26.3 Å². The summed E-state index contributed by atoms with van der Waals surface area (Å²) in [5.41, 5.74) is -1.75. The number of methoxy groups -OCH3 is 1. The van der Waals surface area contributed by atoms with Gasteiger partial charge >= 0.3 is 12.4 Å². The van der Waals surface area contributed by atoms with Crippen molar-refractivity contribution in [3.63, 3.8) is 0 Å². The third-order valence-corrected chi connectivity index (χ3v) is 8.02. The second-order valence-corrected chi connectivity index (χ2v) is 11.0. The largest absolute Gasteiger partial charge is 0.493 e. The summed E-state index contributed by atoms with van der Waals surface area (Å²) in [7, 11) is 1.34. The van der Waals surface area contributed by atoms with Gasteiger partial charge in [-0.2, -0.15) is 31.3 Å².